The smallest absolute Gasteiger partial charge is 0.409 e. The minimum absolute atomic E-state index is 0.0825. The number of rotatable bonds is 2. The van der Waals surface area contributed by atoms with Crippen LogP contribution in [0, 0.1) is 6.92 Å². The third-order valence-electron chi connectivity index (χ3n) is 2.30. The molecule has 0 fully saturated rings. The largest absolute Gasteiger partial charge is 0.435 e. The molecule has 10 heteroatoms. The van der Waals surface area contributed by atoms with Crippen LogP contribution in [0.25, 0.3) is 5.95 Å². The van der Waals surface area contributed by atoms with Crippen molar-refractivity contribution in [1.82, 2.24) is 19.7 Å². The lowest BCUT2D eigenvalue weighted by molar-refractivity contribution is -0.141. The molecule has 0 amide bonds. The van der Waals surface area contributed by atoms with Crippen molar-refractivity contribution >= 4 is 5.84 Å². The van der Waals surface area contributed by atoms with E-state index >= 15 is 0 Å². The van der Waals surface area contributed by atoms with Crippen LogP contribution in [0.5, 0.6) is 0 Å². The van der Waals surface area contributed by atoms with Crippen molar-refractivity contribution < 1.29 is 18.4 Å². The second-order valence-electron chi connectivity index (χ2n) is 3.82. The molecule has 0 spiro atoms. The number of aromatic nitrogens is 4. The first-order chi connectivity index (χ1) is 9.31. The Morgan fingerprint density at radius 2 is 2.10 bits per heavy atom. The summed E-state index contributed by atoms with van der Waals surface area (Å²) in [6.45, 7) is 1.59. The third-order valence-corrected chi connectivity index (χ3v) is 2.30. The Morgan fingerprint density at radius 3 is 2.65 bits per heavy atom. The van der Waals surface area contributed by atoms with Crippen LogP contribution in [-0.4, -0.2) is 30.8 Å². The van der Waals surface area contributed by atoms with Gasteiger partial charge in [-0.3, -0.25) is 0 Å². The molecule has 0 radical (unpaired) electrons. The molecule has 7 nitrogen and oxygen atoms in total. The predicted molar refractivity (Wildman–Crippen MR) is 61.4 cm³/mol. The highest BCUT2D eigenvalue weighted by Gasteiger charge is 2.33. The molecule has 0 unspecified atom stereocenters. The van der Waals surface area contributed by atoms with E-state index in [9.17, 15) is 13.2 Å². The van der Waals surface area contributed by atoms with Crippen molar-refractivity contribution in [2.24, 2.45) is 10.9 Å². The molecular weight excluding hydrogens is 277 g/mol. The molecular formula is C10H9F3N6O. The Balaban J connectivity index is 2.48. The molecule has 0 aliphatic heterocycles. The van der Waals surface area contributed by atoms with Gasteiger partial charge >= 0.3 is 6.18 Å². The standard InChI is InChI=1S/C10H9F3N6O/c1-5-4-6(8(14)18-20)16-9(15-5)19-3-2-7(17-19)10(11,12)13/h2-4,20H,1H3,(H2,14,18). The Kier molecular flexibility index (Phi) is 3.30. The van der Waals surface area contributed by atoms with Gasteiger partial charge in [0.1, 0.15) is 5.69 Å². The number of nitrogens with two attached hydrogens (primary N) is 1. The fourth-order valence-corrected chi connectivity index (χ4v) is 1.42. The zero-order valence-electron chi connectivity index (χ0n) is 10.1. The van der Waals surface area contributed by atoms with Crippen molar-refractivity contribution in [3.05, 3.63) is 35.4 Å². The number of nitrogens with zero attached hydrogens (tertiary/aromatic N) is 5. The highest BCUT2D eigenvalue weighted by atomic mass is 19.4. The van der Waals surface area contributed by atoms with Gasteiger partial charge in [-0.25, -0.2) is 14.6 Å². The van der Waals surface area contributed by atoms with Crippen LogP contribution in [0.3, 0.4) is 0 Å². The van der Waals surface area contributed by atoms with Crippen LogP contribution in [0.1, 0.15) is 17.1 Å². The maximum absolute atomic E-state index is 12.5. The second kappa shape index (κ2) is 4.79. The van der Waals surface area contributed by atoms with Gasteiger partial charge in [0.25, 0.3) is 5.95 Å². The molecule has 0 aliphatic rings. The van der Waals surface area contributed by atoms with Gasteiger partial charge in [-0.05, 0) is 19.1 Å². The number of aryl methyl sites for hydroxylation is 1. The van der Waals surface area contributed by atoms with E-state index in [1.807, 2.05) is 0 Å². The zero-order chi connectivity index (χ0) is 14.9. The van der Waals surface area contributed by atoms with Crippen molar-refractivity contribution in [2.75, 3.05) is 0 Å². The molecule has 0 bridgehead atoms. The number of hydrogen-bond acceptors (Lipinski definition) is 5. The van der Waals surface area contributed by atoms with E-state index in [0.29, 0.717) is 5.69 Å². The molecule has 2 aromatic heterocycles. The van der Waals surface area contributed by atoms with Crippen molar-refractivity contribution in [1.29, 1.82) is 0 Å². The molecule has 2 aromatic rings. The summed E-state index contributed by atoms with van der Waals surface area (Å²) in [5.41, 5.74) is 4.84. The summed E-state index contributed by atoms with van der Waals surface area (Å²) in [6.07, 6.45) is -3.48. The van der Waals surface area contributed by atoms with Gasteiger partial charge in [-0.1, -0.05) is 5.16 Å². The van der Waals surface area contributed by atoms with E-state index in [-0.39, 0.29) is 17.5 Å². The van der Waals surface area contributed by atoms with Crippen LogP contribution in [0.15, 0.2) is 23.5 Å². The zero-order valence-corrected chi connectivity index (χ0v) is 10.1. The van der Waals surface area contributed by atoms with E-state index in [2.05, 4.69) is 20.2 Å². The molecule has 2 rings (SSSR count). The summed E-state index contributed by atoms with van der Waals surface area (Å²) in [5.74, 6) is -0.387. The van der Waals surface area contributed by atoms with Crippen molar-refractivity contribution in [3.8, 4) is 5.95 Å². The quantitative estimate of drug-likeness (QED) is 0.372. The number of hydrogen-bond donors (Lipinski definition) is 2. The van der Waals surface area contributed by atoms with E-state index in [0.717, 1.165) is 16.9 Å². The number of amidine groups is 1. The fraction of sp³-hybridized carbons (Fsp3) is 0.200. The van der Waals surface area contributed by atoms with Crippen LogP contribution in [-0.2, 0) is 6.18 Å². The lowest BCUT2D eigenvalue weighted by atomic mass is 10.3. The summed E-state index contributed by atoms with van der Waals surface area (Å²) in [6, 6.07) is 2.22. The average molecular weight is 286 g/mol. The molecule has 0 aliphatic carbocycles. The van der Waals surface area contributed by atoms with Crippen LogP contribution < -0.4 is 5.73 Å². The topological polar surface area (TPSA) is 102 Å². The van der Waals surface area contributed by atoms with Gasteiger partial charge in [0.2, 0.25) is 0 Å². The Morgan fingerprint density at radius 1 is 1.40 bits per heavy atom. The molecule has 20 heavy (non-hydrogen) atoms. The number of halogens is 3. The van der Waals surface area contributed by atoms with Gasteiger partial charge < -0.3 is 10.9 Å². The highest BCUT2D eigenvalue weighted by Crippen LogP contribution is 2.27. The summed E-state index contributed by atoms with van der Waals surface area (Å²) in [5, 5.41) is 14.7. The minimum atomic E-state index is -4.55. The molecule has 0 saturated carbocycles. The maximum Gasteiger partial charge on any atom is 0.435 e. The summed E-state index contributed by atoms with van der Waals surface area (Å²) in [7, 11) is 0. The molecule has 2 heterocycles. The Hall–Kier alpha value is -2.65. The van der Waals surface area contributed by atoms with Gasteiger partial charge in [-0.2, -0.15) is 18.3 Å². The second-order valence-corrected chi connectivity index (χ2v) is 3.82. The summed E-state index contributed by atoms with van der Waals surface area (Å²) < 4.78 is 38.3. The minimum Gasteiger partial charge on any atom is -0.409 e. The lowest BCUT2D eigenvalue weighted by Crippen LogP contribution is -2.18. The molecule has 3 N–H and O–H groups in total. The number of oxime groups is 1. The third kappa shape index (κ3) is 2.68. The SMILES string of the molecule is Cc1cc(/C(N)=N/O)nc(-n2ccc(C(F)(F)F)n2)n1. The molecule has 0 saturated heterocycles. The average Bonchev–Trinajstić information content (AvgIpc) is 2.86. The van der Waals surface area contributed by atoms with E-state index in [1.54, 1.807) is 6.92 Å². The van der Waals surface area contributed by atoms with Crippen LogP contribution in [0.2, 0.25) is 0 Å². The number of alkyl halides is 3. The van der Waals surface area contributed by atoms with E-state index < -0.39 is 11.9 Å². The van der Waals surface area contributed by atoms with E-state index in [4.69, 9.17) is 10.9 Å². The molecule has 0 atom stereocenters. The van der Waals surface area contributed by atoms with Crippen molar-refractivity contribution in [3.63, 3.8) is 0 Å². The summed E-state index contributed by atoms with van der Waals surface area (Å²) >= 11 is 0. The lowest BCUT2D eigenvalue weighted by Gasteiger charge is -2.05. The first-order valence-corrected chi connectivity index (χ1v) is 5.28. The van der Waals surface area contributed by atoms with Crippen molar-refractivity contribution in [2.45, 2.75) is 13.1 Å². The van der Waals surface area contributed by atoms with Crippen LogP contribution >= 0.6 is 0 Å². The van der Waals surface area contributed by atoms with E-state index in [1.165, 1.54) is 6.07 Å². The van der Waals surface area contributed by atoms with Gasteiger partial charge in [-0.15, -0.1) is 0 Å². The predicted octanol–water partition coefficient (Wildman–Crippen LogP) is 1.08. The monoisotopic (exact) mass is 286 g/mol. The van der Waals surface area contributed by atoms with Gasteiger partial charge in [0.15, 0.2) is 11.5 Å². The Labute approximate surface area is 110 Å². The molecule has 0 aromatic carbocycles. The van der Waals surface area contributed by atoms with Gasteiger partial charge in [0.05, 0.1) is 0 Å². The highest BCUT2D eigenvalue weighted by molar-refractivity contribution is 5.95. The van der Waals surface area contributed by atoms with Gasteiger partial charge in [0, 0.05) is 11.9 Å². The first kappa shape index (κ1) is 13.8. The fourth-order valence-electron chi connectivity index (χ4n) is 1.42. The first-order valence-electron chi connectivity index (χ1n) is 5.28. The normalized spacial score (nSPS) is 12.7. The van der Waals surface area contributed by atoms with Crippen LogP contribution in [0.4, 0.5) is 13.2 Å². The summed E-state index contributed by atoms with van der Waals surface area (Å²) in [4.78, 5) is 7.82. The maximum atomic E-state index is 12.5. The molecule has 106 valence electrons. The Bertz CT molecular complexity index is 663.